The molecule has 0 spiro atoms. The Hall–Kier alpha value is -5.68. The Kier molecular flexibility index (Phi) is 12.1. The molecule has 0 aliphatic carbocycles. The molecule has 2 unspecified atom stereocenters. The van der Waals surface area contributed by atoms with Gasteiger partial charge in [0.05, 0.1) is 19.1 Å². The summed E-state index contributed by atoms with van der Waals surface area (Å²) in [7, 11) is 0. The molecule has 1 aromatic heterocycles. The first-order valence-corrected chi connectivity index (χ1v) is 18.0. The number of benzene rings is 4. The molecular formula is C42H44N2O9. The molecule has 1 N–H and O–H groups in total. The maximum absolute atomic E-state index is 14.7. The van der Waals surface area contributed by atoms with Crippen LogP contribution in [0.4, 0.5) is 0 Å². The number of aromatic nitrogens is 1. The summed E-state index contributed by atoms with van der Waals surface area (Å²) in [5, 5.41) is 13.8. The van der Waals surface area contributed by atoms with Gasteiger partial charge in [-0.25, -0.2) is 4.98 Å². The van der Waals surface area contributed by atoms with Crippen molar-refractivity contribution in [2.45, 2.75) is 64.6 Å². The fourth-order valence-electron chi connectivity index (χ4n) is 6.71. The molecule has 4 aromatic carbocycles. The van der Waals surface area contributed by atoms with Gasteiger partial charge in [0.25, 0.3) is 5.91 Å². The van der Waals surface area contributed by atoms with Crippen LogP contribution in [-0.4, -0.2) is 65.0 Å². The van der Waals surface area contributed by atoms with E-state index in [-0.39, 0.29) is 45.3 Å². The monoisotopic (exact) mass is 720 g/mol. The normalized spacial score (nSPS) is 14.6. The highest BCUT2D eigenvalue weighted by Crippen LogP contribution is 2.38. The van der Waals surface area contributed by atoms with Crippen molar-refractivity contribution in [2.24, 2.45) is 5.92 Å². The Morgan fingerprint density at radius 2 is 1.66 bits per heavy atom. The fourth-order valence-corrected chi connectivity index (χ4v) is 6.71. The van der Waals surface area contributed by atoms with E-state index in [1.54, 1.807) is 18.7 Å². The number of carbonyl (C=O) groups excluding carboxylic acids is 3. The molecule has 276 valence electrons. The molecule has 1 amide bonds. The van der Waals surface area contributed by atoms with E-state index in [4.69, 9.17) is 23.4 Å². The lowest BCUT2D eigenvalue weighted by atomic mass is 9.86. The van der Waals surface area contributed by atoms with Gasteiger partial charge in [-0.1, -0.05) is 60.7 Å². The Bertz CT molecular complexity index is 2060. The average molecular weight is 721 g/mol. The van der Waals surface area contributed by atoms with Crippen LogP contribution in [0.2, 0.25) is 0 Å². The number of aliphatic hydroxyl groups excluding tert-OH is 1. The second kappa shape index (κ2) is 17.2. The lowest BCUT2D eigenvalue weighted by Crippen LogP contribution is -2.50. The molecule has 1 aliphatic heterocycles. The number of amides is 1. The lowest BCUT2D eigenvalue weighted by molar-refractivity contribution is -0.162. The standard InChI is InChI=1S/C42H44N2O9/c1-4-49-39(45)22-20-33(42(48)50-5-2)40(46)41(47)44(25-28-17-18-29-11-6-7-12-30(29)23-28)27(3)32(31-19-21-36-37(24-31)52-26-51-36)13-10-16-38-43-34-14-8-9-15-35(34)53-38/h6-12,14-19,21,23-24,27,32-33,40,46H,4-5,13,20,22,25-26H2,1-3H3/t27-,32+,33?,40?/m1/s1. The first-order chi connectivity index (χ1) is 25.7. The van der Waals surface area contributed by atoms with Crippen LogP contribution in [0.1, 0.15) is 63.0 Å². The molecule has 0 saturated carbocycles. The number of hydrogen-bond acceptors (Lipinski definition) is 10. The summed E-state index contributed by atoms with van der Waals surface area (Å²) in [6.45, 7) is 5.71. The van der Waals surface area contributed by atoms with Crippen LogP contribution in [0.15, 0.2) is 95.4 Å². The number of allylic oxidation sites excluding steroid dienone is 1. The summed E-state index contributed by atoms with van der Waals surface area (Å²) in [5.74, 6) is -1.91. The zero-order valence-electron chi connectivity index (χ0n) is 30.1. The molecule has 6 rings (SSSR count). The molecule has 0 saturated heterocycles. The smallest absolute Gasteiger partial charge is 0.312 e. The number of aliphatic hydroxyl groups is 1. The highest BCUT2D eigenvalue weighted by atomic mass is 16.7. The summed E-state index contributed by atoms with van der Waals surface area (Å²) in [4.78, 5) is 46.3. The molecule has 2 heterocycles. The first-order valence-electron chi connectivity index (χ1n) is 18.0. The minimum absolute atomic E-state index is 0.0471. The van der Waals surface area contributed by atoms with Crippen LogP contribution < -0.4 is 9.47 Å². The van der Waals surface area contributed by atoms with E-state index < -0.39 is 35.9 Å². The summed E-state index contributed by atoms with van der Waals surface area (Å²) >= 11 is 0. The summed E-state index contributed by atoms with van der Waals surface area (Å²) < 4.78 is 27.6. The van der Waals surface area contributed by atoms with E-state index in [0.717, 1.165) is 27.4 Å². The number of hydrogen-bond donors (Lipinski definition) is 1. The Morgan fingerprint density at radius 1 is 0.906 bits per heavy atom. The van der Waals surface area contributed by atoms with Gasteiger partial charge in [-0.2, -0.15) is 0 Å². The third-order valence-electron chi connectivity index (χ3n) is 9.50. The molecule has 53 heavy (non-hydrogen) atoms. The summed E-state index contributed by atoms with van der Waals surface area (Å²) in [6, 6.07) is 26.6. The molecule has 11 heteroatoms. The first kappa shape index (κ1) is 37.1. The molecule has 0 fully saturated rings. The maximum Gasteiger partial charge on any atom is 0.312 e. The largest absolute Gasteiger partial charge is 0.466 e. The van der Waals surface area contributed by atoms with Crippen molar-refractivity contribution >= 4 is 45.8 Å². The lowest BCUT2D eigenvalue weighted by Gasteiger charge is -2.37. The van der Waals surface area contributed by atoms with Crippen LogP contribution >= 0.6 is 0 Å². The Balaban J connectivity index is 1.36. The SMILES string of the molecule is CCOC(=O)CCC(C(=O)OCC)C(O)C(=O)N(Cc1ccc2ccccc2c1)[C@H](C)[C@H](CC=Cc1nc2ccccc2o1)c1ccc2c(c1)OCO2. The van der Waals surface area contributed by atoms with Gasteiger partial charge in [0.15, 0.2) is 17.1 Å². The minimum Gasteiger partial charge on any atom is -0.466 e. The molecule has 11 nitrogen and oxygen atoms in total. The highest BCUT2D eigenvalue weighted by Gasteiger charge is 2.39. The number of esters is 2. The second-order valence-electron chi connectivity index (χ2n) is 12.9. The molecule has 0 radical (unpaired) electrons. The number of carbonyl (C=O) groups is 3. The van der Waals surface area contributed by atoms with Gasteiger partial charge in [0, 0.05) is 24.9 Å². The zero-order chi connectivity index (χ0) is 37.3. The van der Waals surface area contributed by atoms with Gasteiger partial charge in [0.2, 0.25) is 12.7 Å². The predicted octanol–water partition coefficient (Wildman–Crippen LogP) is 7.20. The average Bonchev–Trinajstić information content (AvgIpc) is 3.82. The molecule has 5 aromatic rings. The van der Waals surface area contributed by atoms with E-state index in [1.165, 1.54) is 0 Å². The summed E-state index contributed by atoms with van der Waals surface area (Å²) in [6.07, 6.45) is 2.12. The van der Waals surface area contributed by atoms with Gasteiger partial charge in [-0.05, 0) is 91.9 Å². The minimum atomic E-state index is -1.79. The van der Waals surface area contributed by atoms with Crippen LogP contribution in [0.3, 0.4) is 0 Å². The number of para-hydroxylation sites is 2. The van der Waals surface area contributed by atoms with Gasteiger partial charge >= 0.3 is 11.9 Å². The van der Waals surface area contributed by atoms with E-state index in [9.17, 15) is 19.5 Å². The fraction of sp³-hybridized carbons (Fsp3) is 0.333. The Morgan fingerprint density at radius 3 is 2.45 bits per heavy atom. The number of fused-ring (bicyclic) bond motifs is 3. The number of oxazole rings is 1. The topological polar surface area (TPSA) is 138 Å². The summed E-state index contributed by atoms with van der Waals surface area (Å²) in [5.41, 5.74) is 3.13. The molecule has 1 aliphatic rings. The number of ether oxygens (including phenoxy) is 4. The van der Waals surface area contributed by atoms with Crippen molar-refractivity contribution in [1.29, 1.82) is 0 Å². The van der Waals surface area contributed by atoms with Crippen LogP contribution in [0.25, 0.3) is 27.9 Å². The van der Waals surface area contributed by atoms with Gasteiger partial charge < -0.3 is 33.4 Å². The number of nitrogens with zero attached hydrogens (tertiary/aromatic N) is 2. The molecule has 0 bridgehead atoms. The van der Waals surface area contributed by atoms with Gasteiger partial charge in [0.1, 0.15) is 11.6 Å². The van der Waals surface area contributed by atoms with E-state index in [1.807, 2.05) is 104 Å². The maximum atomic E-state index is 14.7. The number of rotatable bonds is 16. The van der Waals surface area contributed by atoms with Crippen molar-refractivity contribution < 1.29 is 42.9 Å². The quantitative estimate of drug-likeness (QED) is 0.104. The zero-order valence-corrected chi connectivity index (χ0v) is 30.1. The van der Waals surface area contributed by atoms with Crippen LogP contribution in [-0.2, 0) is 30.4 Å². The van der Waals surface area contributed by atoms with Crippen molar-refractivity contribution in [3.8, 4) is 11.5 Å². The third-order valence-corrected chi connectivity index (χ3v) is 9.50. The third kappa shape index (κ3) is 8.86. The molecular weight excluding hydrogens is 676 g/mol. The van der Waals surface area contributed by atoms with Crippen molar-refractivity contribution in [3.05, 3.63) is 108 Å². The van der Waals surface area contributed by atoms with Crippen molar-refractivity contribution in [1.82, 2.24) is 9.88 Å². The highest BCUT2D eigenvalue weighted by molar-refractivity contribution is 5.88. The predicted molar refractivity (Wildman–Crippen MR) is 199 cm³/mol. The van der Waals surface area contributed by atoms with Crippen molar-refractivity contribution in [3.63, 3.8) is 0 Å². The molecule has 4 atom stereocenters. The van der Waals surface area contributed by atoms with Crippen LogP contribution in [0, 0.1) is 5.92 Å². The van der Waals surface area contributed by atoms with E-state index >= 15 is 0 Å². The second-order valence-corrected chi connectivity index (χ2v) is 12.9. The Labute approximate surface area is 308 Å². The van der Waals surface area contributed by atoms with E-state index in [2.05, 4.69) is 4.98 Å². The van der Waals surface area contributed by atoms with Gasteiger partial charge in [-0.3, -0.25) is 14.4 Å². The van der Waals surface area contributed by atoms with Crippen LogP contribution in [0.5, 0.6) is 11.5 Å². The van der Waals surface area contributed by atoms with E-state index in [0.29, 0.717) is 29.4 Å². The van der Waals surface area contributed by atoms with Crippen molar-refractivity contribution in [2.75, 3.05) is 20.0 Å². The van der Waals surface area contributed by atoms with Gasteiger partial charge in [-0.15, -0.1) is 0 Å².